The van der Waals surface area contributed by atoms with Crippen molar-refractivity contribution < 1.29 is 77.3 Å². The number of aryl methyl sites for hydroxylation is 2. The minimum atomic E-state index is -1.87. The zero-order chi connectivity index (χ0) is 83.9. The van der Waals surface area contributed by atoms with E-state index in [0.717, 1.165) is 59.3 Å². The molecule has 2 aromatic heterocycles. The summed E-state index contributed by atoms with van der Waals surface area (Å²) >= 11 is 6.25. The molecule has 622 valence electrons. The van der Waals surface area contributed by atoms with Crippen LogP contribution in [0.3, 0.4) is 0 Å². The molecule has 3 heterocycles. The van der Waals surface area contributed by atoms with Crippen molar-refractivity contribution in [1.82, 2.24) is 77.6 Å². The number of rotatable bonds is 40. The van der Waals surface area contributed by atoms with Crippen LogP contribution in [0.4, 0.5) is 4.79 Å². The van der Waals surface area contributed by atoms with Gasteiger partial charge in [-0.1, -0.05) is 103 Å². The molecule has 3 aliphatic rings. The number of carbonyl (C=O) groups is 13. The summed E-state index contributed by atoms with van der Waals surface area (Å²) in [7, 11) is 1.17. The number of carbonyl (C=O) groups excluding carboxylic acids is 13. The van der Waals surface area contributed by atoms with Gasteiger partial charge in [0.15, 0.2) is 0 Å². The molecule has 33 nitrogen and oxygen atoms in total. The van der Waals surface area contributed by atoms with Crippen molar-refractivity contribution >= 4 is 99.4 Å². The first kappa shape index (κ1) is 88.3. The number of phenolic OH excluding ortho intramolecular Hbond substituents is 1. The van der Waals surface area contributed by atoms with Crippen LogP contribution in [0.2, 0.25) is 5.02 Å². The zero-order valence-electron chi connectivity index (χ0n) is 66.0. The molecule has 0 radical (unpaired) electrons. The SMILES string of the molecule is CCn1nnc2c1CC[C@@H]1[C@H](CC2)[C@H]1COC(=O)NCCCC[C@H](NC(=O)[C@H](CC(C)C)NC(=O)[C@@H](CC(N)=O)NC(=O)[C@H](Cc1ccc(O)cc1)N(C)C(=O)[C@H](CO)NC(=O)[C@@H](Cc1cccnc1)NC(=O)[C@@H](Cc1ccc(Cl)cc1)NC(=O)[C@@H](Cc1ccc2ccccc2c1)NC(C)=O)C(=O)N1CCC[C@H]1C(=O)N[C@H](C)C(N)=O. The van der Waals surface area contributed by atoms with Gasteiger partial charge in [-0.05, 0) is 165 Å². The molecule has 15 N–H and O–H groups in total. The number of pyridine rings is 1. The first-order valence-electron chi connectivity index (χ1n) is 39.3. The molecule has 0 unspecified atom stereocenters. The van der Waals surface area contributed by atoms with Gasteiger partial charge in [0.25, 0.3) is 0 Å². The fraction of sp³-hybridized carbons (Fsp3) is 0.488. The molecule has 1 saturated carbocycles. The third kappa shape index (κ3) is 25.2. The van der Waals surface area contributed by atoms with Gasteiger partial charge in [-0.2, -0.15) is 0 Å². The summed E-state index contributed by atoms with van der Waals surface area (Å²) in [6.45, 7) is 8.27. The minimum absolute atomic E-state index is 0.0187. The number of benzene rings is 4. The number of hydrogen-bond donors (Lipinski definition) is 13. The number of nitrogens with two attached hydrogens (primary N) is 2. The van der Waals surface area contributed by atoms with Gasteiger partial charge < -0.3 is 84.1 Å². The Morgan fingerprint density at radius 1 is 0.638 bits per heavy atom. The van der Waals surface area contributed by atoms with E-state index in [1.165, 1.54) is 62.5 Å². The Morgan fingerprint density at radius 3 is 1.86 bits per heavy atom. The number of aromatic hydroxyl groups is 1. The summed E-state index contributed by atoms with van der Waals surface area (Å²) < 4.78 is 7.63. The lowest BCUT2D eigenvalue weighted by Crippen LogP contribution is -2.62. The highest BCUT2D eigenvalue weighted by atomic mass is 35.5. The van der Waals surface area contributed by atoms with Gasteiger partial charge in [0.05, 0.1) is 31.0 Å². The quantitative estimate of drug-likeness (QED) is 0.0245. The first-order valence-corrected chi connectivity index (χ1v) is 39.7. The van der Waals surface area contributed by atoms with E-state index in [-0.39, 0.29) is 88.6 Å². The van der Waals surface area contributed by atoms with Crippen LogP contribution in [0, 0.1) is 23.7 Å². The second kappa shape index (κ2) is 42.1. The topological polar surface area (TPSA) is 482 Å². The molecular weight excluding hydrogens is 1510 g/mol. The molecule has 9 rings (SSSR count). The number of aliphatic hydroxyl groups is 1. The number of amides is 13. The number of phenols is 1. The fourth-order valence-electron chi connectivity index (χ4n) is 15.0. The van der Waals surface area contributed by atoms with E-state index < -0.39 is 150 Å². The number of unbranched alkanes of at least 4 members (excludes halogenated alkanes) is 1. The molecule has 116 heavy (non-hydrogen) atoms. The van der Waals surface area contributed by atoms with Gasteiger partial charge in [0.1, 0.15) is 66.2 Å². The predicted octanol–water partition coefficient (Wildman–Crippen LogP) is 1.95. The zero-order valence-corrected chi connectivity index (χ0v) is 66.8. The number of ether oxygens (including phenoxy) is 1. The smallest absolute Gasteiger partial charge is 0.407 e. The number of alkyl carbamates (subject to hydrolysis) is 1. The number of likely N-dealkylation sites (tertiary alicyclic amines) is 1. The number of primary amides is 2. The van der Waals surface area contributed by atoms with E-state index in [1.807, 2.05) is 54.1 Å². The van der Waals surface area contributed by atoms with E-state index in [4.69, 9.17) is 27.8 Å². The minimum Gasteiger partial charge on any atom is -0.508 e. The summed E-state index contributed by atoms with van der Waals surface area (Å²) in [5.74, 6) is -10.0. The molecule has 13 amide bonds. The number of nitrogens with one attached hydrogen (secondary N) is 9. The number of aromatic nitrogens is 4. The van der Waals surface area contributed by atoms with E-state index in [0.29, 0.717) is 52.0 Å². The Kier molecular flexibility index (Phi) is 32.1. The van der Waals surface area contributed by atoms with Gasteiger partial charge in [0, 0.05) is 76.7 Å². The highest BCUT2D eigenvalue weighted by Crippen LogP contribution is 2.53. The Morgan fingerprint density at radius 2 is 1.22 bits per heavy atom. The molecule has 2 fully saturated rings. The van der Waals surface area contributed by atoms with Crippen LogP contribution >= 0.6 is 11.6 Å². The normalized spacial score (nSPS) is 17.8. The maximum Gasteiger partial charge on any atom is 0.407 e. The summed E-state index contributed by atoms with van der Waals surface area (Å²) in [5, 5.41) is 56.2. The van der Waals surface area contributed by atoms with Gasteiger partial charge in [0.2, 0.25) is 70.9 Å². The second-order valence-corrected chi connectivity index (χ2v) is 30.9. The molecule has 1 saturated heterocycles. The maximum absolute atomic E-state index is 15.1. The van der Waals surface area contributed by atoms with Gasteiger partial charge in [-0.25, -0.2) is 9.48 Å². The lowest BCUT2D eigenvalue weighted by atomic mass is 9.99. The molecule has 34 heteroatoms. The number of nitrogens with zero attached hydrogens (tertiary/aromatic N) is 6. The van der Waals surface area contributed by atoms with Crippen molar-refractivity contribution in [2.75, 3.05) is 33.4 Å². The first-order chi connectivity index (χ1) is 55.5. The average molecular weight is 1620 g/mol. The Bertz CT molecular complexity index is 4480. The van der Waals surface area contributed by atoms with Crippen molar-refractivity contribution in [3.05, 3.63) is 154 Å². The van der Waals surface area contributed by atoms with Crippen LogP contribution in [0.5, 0.6) is 5.75 Å². The number of likely N-dealkylation sites (N-methyl/N-ethyl adjacent to an activating group) is 1. The van der Waals surface area contributed by atoms with Crippen molar-refractivity contribution in [2.45, 2.75) is 198 Å². The molecule has 13 atom stereocenters. The molecular formula is C82H106ClN17O16. The Balaban J connectivity index is 0.894. The van der Waals surface area contributed by atoms with E-state index in [2.05, 4.69) is 63.1 Å². The average Bonchev–Trinajstić information content (AvgIpc) is 1.61. The van der Waals surface area contributed by atoms with Crippen LogP contribution in [0.15, 0.2) is 116 Å². The Labute approximate surface area is 677 Å². The standard InChI is InChI=1S/C82H106ClN17O16/c1-7-100-68-32-30-58-57(29-31-60(68)96-97-100)59(58)45-116-82(115)87-34-11-10-17-61(81(114)99-35-13-18-69(99)78(111)88-47(4)72(85)105)90-73(106)62(36-46(2)3)91-77(110)66(42-71(84)104)94-79(112)70(41-50-22-27-56(103)28-23-50)98(6)80(113)67(44-101)95-76(109)65(40-52-14-12-33-86-43-52)93-75(108)64(38-49-20-25-55(83)26-21-49)92-74(107)63(89-48(5)102)39-51-19-24-53-15-8-9-16-54(53)37-51/h8-9,12,14-16,19-28,33,37,43,46-47,57-59,61-67,69-70,101,103H,7,10-11,13,17-18,29-32,34-36,38-42,44-45H2,1-6H3,(H2,84,104)(H2,85,105)(H,87,115)(H,88,111)(H,89,102)(H,90,106)(H,91,110)(H,92,107)(H,93,108)(H,94,112)(H,95,109)/t47-,57+,58-,59-,61+,62+,63-,64-,65-,66-,67+,69+,70+/m1/s1. The van der Waals surface area contributed by atoms with Crippen molar-refractivity contribution in [3.63, 3.8) is 0 Å². The van der Waals surface area contributed by atoms with Gasteiger partial charge in [-0.15, -0.1) is 5.10 Å². The van der Waals surface area contributed by atoms with Crippen LogP contribution < -0.4 is 59.3 Å². The number of fused-ring (bicyclic) bond motifs is 3. The highest BCUT2D eigenvalue weighted by molar-refractivity contribution is 6.30. The summed E-state index contributed by atoms with van der Waals surface area (Å²) in [6.07, 6.45) is 5.17. The second-order valence-electron chi connectivity index (χ2n) is 30.4. The van der Waals surface area contributed by atoms with Gasteiger partial charge >= 0.3 is 6.09 Å². The van der Waals surface area contributed by atoms with E-state index in [9.17, 15) is 67.7 Å². The summed E-state index contributed by atoms with van der Waals surface area (Å²) in [6, 6.07) is 13.7. The van der Waals surface area contributed by atoms with E-state index in [1.54, 1.807) is 50.2 Å². The van der Waals surface area contributed by atoms with Crippen molar-refractivity contribution in [1.29, 1.82) is 0 Å². The van der Waals surface area contributed by atoms with Crippen LogP contribution in [0.1, 0.15) is 126 Å². The molecule has 1 aliphatic heterocycles. The molecule has 0 bridgehead atoms. The predicted molar refractivity (Wildman–Crippen MR) is 426 cm³/mol. The van der Waals surface area contributed by atoms with Gasteiger partial charge in [-0.3, -0.25) is 62.5 Å². The molecule has 6 aromatic rings. The lowest BCUT2D eigenvalue weighted by Gasteiger charge is -2.32. The van der Waals surface area contributed by atoms with Crippen molar-refractivity contribution in [2.24, 2.45) is 35.1 Å². The Hall–Kier alpha value is -11.6. The molecule has 0 spiro atoms. The third-order valence-corrected chi connectivity index (χ3v) is 21.6. The lowest BCUT2D eigenvalue weighted by molar-refractivity contribution is -0.144. The number of hydrogen-bond acceptors (Lipinski definition) is 19. The fourth-order valence-corrected chi connectivity index (χ4v) is 15.2. The number of aliphatic hydroxyl groups excluding tert-OH is 1. The molecule has 4 aromatic carbocycles. The highest BCUT2D eigenvalue weighted by Gasteiger charge is 2.51. The van der Waals surface area contributed by atoms with Crippen LogP contribution in [-0.4, -0.2) is 211 Å². The maximum atomic E-state index is 15.1. The summed E-state index contributed by atoms with van der Waals surface area (Å²) in [4.78, 5) is 189. The molecule has 2 aliphatic carbocycles. The van der Waals surface area contributed by atoms with Crippen molar-refractivity contribution in [3.8, 4) is 5.75 Å². The van der Waals surface area contributed by atoms with Crippen LogP contribution in [-0.2, 0) is 107 Å². The summed E-state index contributed by atoms with van der Waals surface area (Å²) in [5.41, 5.74) is 15.4. The number of halogens is 1. The largest absolute Gasteiger partial charge is 0.508 e. The van der Waals surface area contributed by atoms with Crippen LogP contribution in [0.25, 0.3) is 10.8 Å². The third-order valence-electron chi connectivity index (χ3n) is 21.4. The van der Waals surface area contributed by atoms with E-state index >= 15 is 4.79 Å². The monoisotopic (exact) mass is 1620 g/mol.